The molecule has 8 nitrogen and oxygen atoms in total. The molecule has 1 aromatic carbocycles. The van der Waals surface area contributed by atoms with Crippen molar-refractivity contribution < 1.29 is 9.26 Å². The van der Waals surface area contributed by atoms with Gasteiger partial charge in [-0.15, -0.1) is 0 Å². The summed E-state index contributed by atoms with van der Waals surface area (Å²) in [7, 11) is 0. The van der Waals surface area contributed by atoms with Crippen LogP contribution in [0.15, 0.2) is 65.7 Å². The number of aryl methyl sites for hydroxylation is 1. The van der Waals surface area contributed by atoms with Crippen molar-refractivity contribution >= 4 is 0 Å². The number of ether oxygens (including phenoxy) is 1. The molecular weight excluding hydrogens is 380 g/mol. The van der Waals surface area contributed by atoms with Crippen LogP contribution < -0.4 is 4.74 Å². The van der Waals surface area contributed by atoms with Crippen LogP contribution >= 0.6 is 0 Å². The van der Waals surface area contributed by atoms with Crippen molar-refractivity contribution in [3.8, 4) is 28.6 Å². The Labute approximate surface area is 174 Å². The molecule has 1 saturated heterocycles. The molecule has 1 aliphatic heterocycles. The van der Waals surface area contributed by atoms with E-state index in [1.54, 1.807) is 12.4 Å². The lowest BCUT2D eigenvalue weighted by Gasteiger charge is -2.38. The van der Waals surface area contributed by atoms with Gasteiger partial charge >= 0.3 is 0 Å². The van der Waals surface area contributed by atoms with Gasteiger partial charge in [0.15, 0.2) is 0 Å². The highest BCUT2D eigenvalue weighted by atomic mass is 16.5. The fourth-order valence-corrected chi connectivity index (χ4v) is 3.47. The van der Waals surface area contributed by atoms with Crippen molar-refractivity contribution in [3.05, 3.63) is 66.7 Å². The molecule has 3 aromatic heterocycles. The summed E-state index contributed by atoms with van der Waals surface area (Å²) in [5.74, 6) is 1.85. The largest absolute Gasteiger partial charge is 0.488 e. The summed E-state index contributed by atoms with van der Waals surface area (Å²) in [6, 6.07) is 11.5. The Morgan fingerprint density at radius 3 is 2.70 bits per heavy atom. The number of likely N-dealkylation sites (tertiary alicyclic amines) is 1. The zero-order valence-electron chi connectivity index (χ0n) is 16.7. The van der Waals surface area contributed by atoms with Gasteiger partial charge in [-0.25, -0.2) is 0 Å². The van der Waals surface area contributed by atoms with Crippen molar-refractivity contribution in [3.63, 3.8) is 0 Å². The highest BCUT2D eigenvalue weighted by Crippen LogP contribution is 2.25. The minimum atomic E-state index is 0.208. The predicted molar refractivity (Wildman–Crippen MR) is 111 cm³/mol. The third kappa shape index (κ3) is 3.95. The number of rotatable bonds is 7. The summed E-state index contributed by atoms with van der Waals surface area (Å²) in [6.07, 6.45) is 7.66. The van der Waals surface area contributed by atoms with Crippen molar-refractivity contribution in [1.82, 2.24) is 29.8 Å². The third-order valence-electron chi connectivity index (χ3n) is 5.09. The summed E-state index contributed by atoms with van der Waals surface area (Å²) in [5.41, 5.74) is 2.92. The van der Waals surface area contributed by atoms with E-state index in [0.717, 1.165) is 43.1 Å². The maximum absolute atomic E-state index is 6.08. The molecule has 0 spiro atoms. The van der Waals surface area contributed by atoms with Gasteiger partial charge in [0.05, 0.1) is 11.8 Å². The van der Waals surface area contributed by atoms with Crippen LogP contribution in [-0.4, -0.2) is 49.0 Å². The van der Waals surface area contributed by atoms with Gasteiger partial charge in [0.25, 0.3) is 5.89 Å². The minimum Gasteiger partial charge on any atom is -0.488 e. The molecule has 1 aliphatic rings. The van der Waals surface area contributed by atoms with Crippen LogP contribution in [0.25, 0.3) is 22.8 Å². The van der Waals surface area contributed by atoms with Crippen molar-refractivity contribution in [2.75, 3.05) is 13.1 Å². The Bertz CT molecular complexity index is 1100. The molecule has 1 fully saturated rings. The zero-order valence-corrected chi connectivity index (χ0v) is 16.7. The van der Waals surface area contributed by atoms with Crippen LogP contribution in [0.3, 0.4) is 0 Å². The van der Waals surface area contributed by atoms with E-state index in [-0.39, 0.29) is 6.10 Å². The number of pyridine rings is 1. The molecule has 5 rings (SSSR count). The quantitative estimate of drug-likeness (QED) is 0.469. The van der Waals surface area contributed by atoms with Crippen LogP contribution in [0.5, 0.6) is 5.75 Å². The smallest absolute Gasteiger partial charge is 0.259 e. The molecule has 0 saturated carbocycles. The Morgan fingerprint density at radius 2 is 1.97 bits per heavy atom. The van der Waals surface area contributed by atoms with Crippen LogP contribution in [0.1, 0.15) is 12.5 Å². The van der Waals surface area contributed by atoms with Crippen LogP contribution in [0.4, 0.5) is 0 Å². The molecular formula is C22H22N6O2. The van der Waals surface area contributed by atoms with Crippen molar-refractivity contribution in [1.29, 1.82) is 0 Å². The zero-order chi connectivity index (χ0) is 20.3. The molecule has 152 valence electrons. The second kappa shape index (κ2) is 8.08. The van der Waals surface area contributed by atoms with Crippen LogP contribution in [-0.2, 0) is 13.1 Å². The first kappa shape index (κ1) is 18.5. The Balaban J connectivity index is 1.15. The molecule has 0 aliphatic carbocycles. The van der Waals surface area contributed by atoms with E-state index in [4.69, 9.17) is 9.26 Å². The molecule has 4 aromatic rings. The van der Waals surface area contributed by atoms with E-state index in [2.05, 4.69) is 38.2 Å². The fourth-order valence-electron chi connectivity index (χ4n) is 3.47. The standard InChI is InChI=1S/C22H22N6O2/c1-2-28-13-16(10-24-28)12-27-14-20(15-27)29-19-7-5-17(6-8-19)21-25-22(30-26-21)18-4-3-9-23-11-18/h3-11,13,20H,2,12,14-15H2,1H3. The maximum Gasteiger partial charge on any atom is 0.259 e. The number of aromatic nitrogens is 5. The van der Waals surface area contributed by atoms with Crippen molar-refractivity contribution in [2.45, 2.75) is 26.1 Å². The molecule has 0 amide bonds. The number of hydrogen-bond acceptors (Lipinski definition) is 7. The first-order valence-corrected chi connectivity index (χ1v) is 10.0. The third-order valence-corrected chi connectivity index (χ3v) is 5.09. The van der Waals surface area contributed by atoms with Gasteiger partial charge in [0.1, 0.15) is 11.9 Å². The normalized spacial score (nSPS) is 14.6. The van der Waals surface area contributed by atoms with Gasteiger partial charge in [-0.3, -0.25) is 14.6 Å². The molecule has 0 bridgehead atoms. The van der Waals surface area contributed by atoms with Gasteiger partial charge in [0.2, 0.25) is 5.82 Å². The summed E-state index contributed by atoms with van der Waals surface area (Å²) in [5, 5.41) is 8.39. The average molecular weight is 402 g/mol. The topological polar surface area (TPSA) is 82.1 Å². The van der Waals surface area contributed by atoms with E-state index in [0.29, 0.717) is 11.7 Å². The first-order valence-electron chi connectivity index (χ1n) is 10.0. The molecule has 0 N–H and O–H groups in total. The van der Waals surface area contributed by atoms with E-state index >= 15 is 0 Å². The lowest BCUT2D eigenvalue weighted by atomic mass is 10.1. The van der Waals surface area contributed by atoms with Crippen LogP contribution in [0, 0.1) is 0 Å². The highest BCUT2D eigenvalue weighted by molar-refractivity contribution is 5.59. The van der Waals surface area contributed by atoms with E-state index in [1.807, 2.05) is 47.3 Å². The van der Waals surface area contributed by atoms with Gasteiger partial charge in [0, 0.05) is 55.9 Å². The van der Waals surface area contributed by atoms with E-state index < -0.39 is 0 Å². The molecule has 4 heterocycles. The van der Waals surface area contributed by atoms with Crippen LogP contribution in [0.2, 0.25) is 0 Å². The molecule has 0 atom stereocenters. The van der Waals surface area contributed by atoms with Gasteiger partial charge in [-0.2, -0.15) is 10.1 Å². The first-order chi connectivity index (χ1) is 14.8. The summed E-state index contributed by atoms with van der Waals surface area (Å²) >= 11 is 0. The molecule has 0 radical (unpaired) electrons. The second-order valence-electron chi connectivity index (χ2n) is 7.33. The lowest BCUT2D eigenvalue weighted by Crippen LogP contribution is -2.53. The van der Waals surface area contributed by atoms with Gasteiger partial charge in [-0.1, -0.05) is 5.16 Å². The van der Waals surface area contributed by atoms with Crippen molar-refractivity contribution in [2.24, 2.45) is 0 Å². The summed E-state index contributed by atoms with van der Waals surface area (Å²) in [6.45, 7) is 5.73. The highest BCUT2D eigenvalue weighted by Gasteiger charge is 2.28. The Hall–Kier alpha value is -3.52. The van der Waals surface area contributed by atoms with Gasteiger partial charge < -0.3 is 9.26 Å². The average Bonchev–Trinajstić information content (AvgIpc) is 3.43. The molecule has 0 unspecified atom stereocenters. The summed E-state index contributed by atoms with van der Waals surface area (Å²) < 4.78 is 13.4. The second-order valence-corrected chi connectivity index (χ2v) is 7.33. The molecule has 8 heteroatoms. The molecule has 30 heavy (non-hydrogen) atoms. The van der Waals surface area contributed by atoms with E-state index in [1.165, 1.54) is 5.56 Å². The maximum atomic E-state index is 6.08. The van der Waals surface area contributed by atoms with E-state index in [9.17, 15) is 0 Å². The minimum absolute atomic E-state index is 0.208. The number of benzene rings is 1. The monoisotopic (exact) mass is 402 g/mol. The Morgan fingerprint density at radius 1 is 1.10 bits per heavy atom. The lowest BCUT2D eigenvalue weighted by molar-refractivity contribution is 0.0146. The fraction of sp³-hybridized carbons (Fsp3) is 0.273. The van der Waals surface area contributed by atoms with Gasteiger partial charge in [-0.05, 0) is 43.3 Å². The SMILES string of the molecule is CCn1cc(CN2CC(Oc3ccc(-c4noc(-c5cccnc5)n4)cc3)C2)cn1. The number of hydrogen-bond donors (Lipinski definition) is 0. The number of nitrogens with zero attached hydrogens (tertiary/aromatic N) is 6. The Kier molecular flexibility index (Phi) is 4.98. The predicted octanol–water partition coefficient (Wildman–Crippen LogP) is 3.28. The summed E-state index contributed by atoms with van der Waals surface area (Å²) in [4.78, 5) is 10.9.